The minimum Gasteiger partial charge on any atom is -0.465 e. The fourth-order valence-electron chi connectivity index (χ4n) is 6.91. The Morgan fingerprint density at radius 2 is 1.95 bits per heavy atom. The number of carbonyl (C=O) groups is 3. The molecule has 7 nitrogen and oxygen atoms in total. The van der Waals surface area contributed by atoms with E-state index in [1.807, 2.05) is 58.1 Å². The number of esters is 1. The van der Waals surface area contributed by atoms with Crippen molar-refractivity contribution < 1.29 is 24.2 Å². The number of carbonyl (C=O) groups excluding carboxylic acids is 3. The van der Waals surface area contributed by atoms with E-state index in [0.717, 1.165) is 24.8 Å². The molecule has 2 fully saturated rings. The van der Waals surface area contributed by atoms with Gasteiger partial charge in [-0.15, -0.1) is 11.8 Å². The molecule has 4 aliphatic heterocycles. The molecule has 4 heterocycles. The van der Waals surface area contributed by atoms with Crippen molar-refractivity contribution in [1.82, 2.24) is 4.90 Å². The number of aliphatic hydroxyl groups excluding tert-OH is 1. The van der Waals surface area contributed by atoms with Gasteiger partial charge in [0.25, 0.3) is 5.91 Å². The monoisotopic (exact) mass is 572 g/mol. The molecule has 1 N–H and O–H groups in total. The molecule has 1 unspecified atom stereocenters. The summed E-state index contributed by atoms with van der Waals surface area (Å²) in [6.45, 7) is 8.17. The Morgan fingerprint density at radius 3 is 2.64 bits per heavy atom. The van der Waals surface area contributed by atoms with Crippen LogP contribution in [0.5, 0.6) is 0 Å². The van der Waals surface area contributed by atoms with Gasteiger partial charge in [0.1, 0.15) is 6.04 Å². The number of thioether (sulfide) groups is 1. The molecule has 1 spiro atoms. The number of rotatable bonds is 5. The first-order valence-corrected chi connectivity index (χ1v) is 15.0. The summed E-state index contributed by atoms with van der Waals surface area (Å²) in [6, 6.07) is 4.01. The average molecular weight is 573 g/mol. The van der Waals surface area contributed by atoms with Crippen LogP contribution in [-0.2, 0) is 19.1 Å². The van der Waals surface area contributed by atoms with Crippen LogP contribution >= 0.6 is 23.4 Å². The molecular formula is C30H37ClN2O5S. The highest BCUT2D eigenvalue weighted by atomic mass is 35.5. The molecular weight excluding hydrogens is 536 g/mol. The summed E-state index contributed by atoms with van der Waals surface area (Å²) in [5, 5.41) is 11.0. The highest BCUT2D eigenvalue weighted by Gasteiger charge is 2.74. The third-order valence-corrected chi connectivity index (χ3v) is 11.1. The number of ether oxygens (including phenoxy) is 1. The van der Waals surface area contributed by atoms with E-state index in [-0.39, 0.29) is 30.9 Å². The lowest BCUT2D eigenvalue weighted by molar-refractivity contribution is -0.154. The Hall–Kier alpha value is -2.29. The largest absolute Gasteiger partial charge is 0.465 e. The van der Waals surface area contributed by atoms with E-state index in [1.54, 1.807) is 15.9 Å². The van der Waals surface area contributed by atoms with Gasteiger partial charge in [-0.1, -0.05) is 68.3 Å². The summed E-state index contributed by atoms with van der Waals surface area (Å²) in [5.41, 5.74) is 1.46. The number of allylic oxidation sites excluding steroid dienone is 1. The van der Waals surface area contributed by atoms with Crippen LogP contribution in [-0.4, -0.2) is 69.1 Å². The highest BCUT2D eigenvalue weighted by Crippen LogP contribution is 2.65. The van der Waals surface area contributed by atoms with Crippen molar-refractivity contribution >= 4 is 46.8 Å². The quantitative estimate of drug-likeness (QED) is 0.412. The molecule has 0 aromatic heterocycles. The molecule has 0 aliphatic carbocycles. The van der Waals surface area contributed by atoms with Crippen molar-refractivity contribution in [2.24, 2.45) is 17.8 Å². The van der Waals surface area contributed by atoms with Crippen LogP contribution in [0.25, 0.3) is 0 Å². The Bertz CT molecular complexity index is 1220. The molecule has 1 aromatic rings. The van der Waals surface area contributed by atoms with E-state index in [4.69, 9.17) is 16.3 Å². The average Bonchev–Trinajstić information content (AvgIpc) is 3.25. The van der Waals surface area contributed by atoms with Crippen LogP contribution in [0, 0.1) is 24.7 Å². The van der Waals surface area contributed by atoms with E-state index < -0.39 is 39.4 Å². The maximum Gasteiger partial charge on any atom is 0.311 e. The molecule has 0 bridgehead atoms. The number of amides is 2. The second kappa shape index (κ2) is 10.6. The van der Waals surface area contributed by atoms with Crippen molar-refractivity contribution in [3.63, 3.8) is 0 Å². The van der Waals surface area contributed by atoms with Crippen LogP contribution in [0.3, 0.4) is 0 Å². The van der Waals surface area contributed by atoms with Crippen LogP contribution in [0.2, 0.25) is 5.02 Å². The SMILES string of the molecule is CC[C@H](C)[C@H](CO)N1C(=O)[C@@H]2[C@H]3C(=O)OCCC/C=C\[C@@]3(C)S[C@@]23C=CCN(c2c(C)cccc2Cl)C(=O)C13. The molecule has 5 rings (SSSR count). The summed E-state index contributed by atoms with van der Waals surface area (Å²) < 4.78 is 3.94. The van der Waals surface area contributed by atoms with Crippen molar-refractivity contribution in [1.29, 1.82) is 0 Å². The van der Waals surface area contributed by atoms with E-state index in [1.165, 1.54) is 11.8 Å². The maximum atomic E-state index is 14.7. The zero-order valence-corrected chi connectivity index (χ0v) is 24.5. The fraction of sp³-hybridized carbons (Fsp3) is 0.567. The number of likely N-dealkylation sites (tertiary alicyclic amines) is 1. The summed E-state index contributed by atoms with van der Waals surface area (Å²) in [4.78, 5) is 46.2. The number of para-hydroxylation sites is 1. The Kier molecular flexibility index (Phi) is 7.68. The Labute approximate surface area is 239 Å². The van der Waals surface area contributed by atoms with Crippen LogP contribution < -0.4 is 4.90 Å². The van der Waals surface area contributed by atoms with E-state index in [0.29, 0.717) is 17.3 Å². The van der Waals surface area contributed by atoms with Gasteiger partial charge in [0.05, 0.1) is 46.5 Å². The van der Waals surface area contributed by atoms with Crippen LogP contribution in [0.1, 0.15) is 45.6 Å². The lowest BCUT2D eigenvalue weighted by Crippen LogP contribution is -2.58. The second-order valence-corrected chi connectivity index (χ2v) is 13.5. The van der Waals surface area contributed by atoms with Crippen molar-refractivity contribution in [2.45, 2.75) is 68.5 Å². The number of hydrogen-bond acceptors (Lipinski definition) is 6. The Balaban J connectivity index is 1.72. The summed E-state index contributed by atoms with van der Waals surface area (Å²) in [5.74, 6) is -2.57. The first kappa shape index (κ1) is 28.2. The summed E-state index contributed by atoms with van der Waals surface area (Å²) >= 11 is 8.15. The number of aliphatic hydroxyl groups is 1. The first-order chi connectivity index (χ1) is 18.6. The van der Waals surface area contributed by atoms with Gasteiger partial charge in [0.15, 0.2) is 0 Å². The number of anilines is 1. The predicted octanol–water partition coefficient (Wildman–Crippen LogP) is 4.54. The molecule has 9 heteroatoms. The summed E-state index contributed by atoms with van der Waals surface area (Å²) in [7, 11) is 0. The number of fused-ring (bicyclic) bond motifs is 2. The van der Waals surface area contributed by atoms with Gasteiger partial charge in [-0.05, 0) is 44.2 Å². The first-order valence-electron chi connectivity index (χ1n) is 13.8. The maximum absolute atomic E-state index is 14.7. The van der Waals surface area contributed by atoms with Crippen LogP contribution in [0.15, 0.2) is 42.5 Å². The van der Waals surface area contributed by atoms with Gasteiger partial charge in [-0.3, -0.25) is 14.4 Å². The number of cyclic esters (lactones) is 1. The molecule has 7 atom stereocenters. The molecule has 0 saturated carbocycles. The smallest absolute Gasteiger partial charge is 0.311 e. The number of benzene rings is 1. The van der Waals surface area contributed by atoms with Crippen molar-refractivity contribution in [3.05, 3.63) is 53.1 Å². The molecule has 0 radical (unpaired) electrons. The molecule has 39 heavy (non-hydrogen) atoms. The highest BCUT2D eigenvalue weighted by molar-refractivity contribution is 8.02. The van der Waals surface area contributed by atoms with Gasteiger partial charge in [0.2, 0.25) is 5.91 Å². The van der Waals surface area contributed by atoms with Gasteiger partial charge >= 0.3 is 5.97 Å². The molecule has 210 valence electrons. The van der Waals surface area contributed by atoms with Gasteiger partial charge in [-0.2, -0.15) is 0 Å². The zero-order valence-electron chi connectivity index (χ0n) is 22.9. The topological polar surface area (TPSA) is 87.2 Å². The summed E-state index contributed by atoms with van der Waals surface area (Å²) in [6.07, 6.45) is 10.2. The van der Waals surface area contributed by atoms with Crippen molar-refractivity contribution in [3.8, 4) is 0 Å². The fourth-order valence-corrected chi connectivity index (χ4v) is 9.37. The van der Waals surface area contributed by atoms with Gasteiger partial charge < -0.3 is 19.6 Å². The molecule has 2 saturated heterocycles. The molecule has 2 amide bonds. The number of aryl methyl sites for hydroxylation is 1. The predicted molar refractivity (Wildman–Crippen MR) is 154 cm³/mol. The lowest BCUT2D eigenvalue weighted by atomic mass is 9.74. The number of halogens is 1. The van der Waals surface area contributed by atoms with Gasteiger partial charge in [0, 0.05) is 11.3 Å². The Morgan fingerprint density at radius 1 is 1.18 bits per heavy atom. The second-order valence-electron chi connectivity index (χ2n) is 11.3. The zero-order chi connectivity index (χ0) is 28.1. The molecule has 4 aliphatic rings. The van der Waals surface area contributed by atoms with E-state index in [9.17, 15) is 19.5 Å². The number of nitrogens with zero attached hydrogens (tertiary/aromatic N) is 2. The van der Waals surface area contributed by atoms with Crippen molar-refractivity contribution in [2.75, 3.05) is 24.7 Å². The normalized spacial score (nSPS) is 34.7. The van der Waals surface area contributed by atoms with E-state index >= 15 is 0 Å². The van der Waals surface area contributed by atoms with E-state index in [2.05, 4.69) is 6.08 Å². The molecule has 1 aromatic carbocycles. The minimum absolute atomic E-state index is 0.0610. The van der Waals surface area contributed by atoms with Gasteiger partial charge in [-0.25, -0.2) is 0 Å². The third-order valence-electron chi connectivity index (χ3n) is 8.99. The standard InChI is InChI=1S/C30H37ClN2O5S/c1-5-18(2)21(17-34)33-25-27(36)32(24-19(3)11-9-12-20(24)31)15-10-14-30(25)22(26(33)35)23-28(37)38-16-8-6-7-13-29(23,4)39-30/h7,9-14,18,21-23,25,34H,5-6,8,15-17H2,1-4H3/b13-7-/t18-,21-,22-,23-,25?,29+,30-/m0/s1. The third kappa shape index (κ3) is 4.34. The number of hydrogen-bond donors (Lipinski definition) is 1. The minimum atomic E-state index is -1.01. The lowest BCUT2D eigenvalue weighted by Gasteiger charge is -2.41. The van der Waals surface area contributed by atoms with Crippen LogP contribution in [0.4, 0.5) is 5.69 Å².